The maximum atomic E-state index is 12.7. The molecule has 2 aromatic carbocycles. The third-order valence-corrected chi connectivity index (χ3v) is 6.27. The summed E-state index contributed by atoms with van der Waals surface area (Å²) in [5.74, 6) is -0.0480. The number of allylic oxidation sites excluding steroid dienone is 2. The summed E-state index contributed by atoms with van der Waals surface area (Å²) in [7, 11) is 0. The molecule has 0 bridgehead atoms. The van der Waals surface area contributed by atoms with Crippen LogP contribution in [0, 0.1) is 13.8 Å². The van der Waals surface area contributed by atoms with Crippen LogP contribution in [0.5, 0.6) is 0 Å². The van der Waals surface area contributed by atoms with Gasteiger partial charge in [-0.05, 0) is 38.1 Å². The van der Waals surface area contributed by atoms with E-state index in [-0.39, 0.29) is 11.6 Å². The molecule has 108 valence electrons. The predicted octanol–water partition coefficient (Wildman–Crippen LogP) is 4.79. The van der Waals surface area contributed by atoms with Gasteiger partial charge >= 0.3 is 0 Å². The molecule has 0 amide bonds. The van der Waals surface area contributed by atoms with E-state index in [1.807, 2.05) is 50.2 Å². The highest BCUT2D eigenvalue weighted by molar-refractivity contribution is 8.08. The molecule has 2 aliphatic heterocycles. The van der Waals surface area contributed by atoms with Gasteiger partial charge in [0, 0.05) is 20.9 Å². The molecule has 0 radical (unpaired) electrons. The van der Waals surface area contributed by atoms with Gasteiger partial charge in [-0.2, -0.15) is 0 Å². The Morgan fingerprint density at radius 1 is 0.682 bits per heavy atom. The van der Waals surface area contributed by atoms with Crippen LogP contribution in [0.1, 0.15) is 31.8 Å². The summed E-state index contributed by atoms with van der Waals surface area (Å²) in [6.45, 7) is 3.94. The van der Waals surface area contributed by atoms with E-state index in [0.717, 1.165) is 20.9 Å². The highest BCUT2D eigenvalue weighted by Crippen LogP contribution is 2.49. The number of thioether (sulfide) groups is 2. The number of aryl methyl sites for hydroxylation is 2. The Bertz CT molecular complexity index is 820. The zero-order valence-corrected chi connectivity index (χ0v) is 13.7. The van der Waals surface area contributed by atoms with Gasteiger partial charge in [0.15, 0.2) is 0 Å². The standard InChI is InChI=1S/C18H12O2S2/c1-9-3-5-13-11(7-9)15(19)17(21-13)18-16(20)12-8-10(2)4-6-14(12)22-18/h3-8H,1-2H3/b18-17-. The fraction of sp³-hybridized carbons (Fsp3) is 0.111. The lowest BCUT2D eigenvalue weighted by Crippen LogP contribution is -2.02. The van der Waals surface area contributed by atoms with Crippen LogP contribution < -0.4 is 0 Å². The van der Waals surface area contributed by atoms with Crippen LogP contribution in [-0.2, 0) is 0 Å². The molecule has 2 aromatic rings. The Hall–Kier alpha value is -1.78. The van der Waals surface area contributed by atoms with Crippen molar-refractivity contribution in [1.29, 1.82) is 0 Å². The third kappa shape index (κ3) is 1.98. The van der Waals surface area contributed by atoms with Crippen molar-refractivity contribution in [2.45, 2.75) is 23.6 Å². The van der Waals surface area contributed by atoms with E-state index in [0.29, 0.717) is 20.9 Å². The molecule has 2 nitrogen and oxygen atoms in total. The molecular weight excluding hydrogens is 312 g/mol. The van der Waals surface area contributed by atoms with Gasteiger partial charge in [0.25, 0.3) is 0 Å². The first kappa shape index (κ1) is 13.9. The number of Topliss-reactive ketones (excluding diaryl/α,β-unsaturated/α-hetero) is 2. The van der Waals surface area contributed by atoms with E-state index in [2.05, 4.69) is 0 Å². The van der Waals surface area contributed by atoms with E-state index < -0.39 is 0 Å². The van der Waals surface area contributed by atoms with Crippen molar-refractivity contribution in [2.75, 3.05) is 0 Å². The first-order valence-electron chi connectivity index (χ1n) is 6.95. The normalized spacial score (nSPS) is 19.5. The molecule has 2 heterocycles. The first-order valence-corrected chi connectivity index (χ1v) is 8.58. The van der Waals surface area contributed by atoms with Gasteiger partial charge in [-0.15, -0.1) is 0 Å². The number of ketones is 2. The molecule has 4 heteroatoms. The second kappa shape index (κ2) is 4.86. The molecule has 4 rings (SSSR count). The van der Waals surface area contributed by atoms with Crippen molar-refractivity contribution >= 4 is 35.1 Å². The zero-order chi connectivity index (χ0) is 15.4. The Morgan fingerprint density at radius 2 is 1.09 bits per heavy atom. The quantitative estimate of drug-likeness (QED) is 0.652. The van der Waals surface area contributed by atoms with E-state index in [9.17, 15) is 9.59 Å². The van der Waals surface area contributed by atoms with Gasteiger partial charge in [-0.1, -0.05) is 46.8 Å². The summed E-state index contributed by atoms with van der Waals surface area (Å²) < 4.78 is 0. The minimum Gasteiger partial charge on any atom is -0.288 e. The van der Waals surface area contributed by atoms with Crippen LogP contribution in [0.25, 0.3) is 0 Å². The summed E-state index contributed by atoms with van der Waals surface area (Å²) in [6, 6.07) is 11.7. The highest BCUT2D eigenvalue weighted by Gasteiger charge is 2.36. The summed E-state index contributed by atoms with van der Waals surface area (Å²) >= 11 is 2.83. The van der Waals surface area contributed by atoms with Gasteiger partial charge in [0.2, 0.25) is 11.6 Å². The van der Waals surface area contributed by atoms with E-state index >= 15 is 0 Å². The Kier molecular flexibility index (Phi) is 3.06. The minimum absolute atomic E-state index is 0.0240. The summed E-state index contributed by atoms with van der Waals surface area (Å²) in [5.41, 5.74) is 3.55. The average molecular weight is 324 g/mol. The molecule has 0 saturated carbocycles. The highest BCUT2D eigenvalue weighted by atomic mass is 32.2. The van der Waals surface area contributed by atoms with Crippen LogP contribution in [0.4, 0.5) is 0 Å². The average Bonchev–Trinajstić information content (AvgIpc) is 2.98. The van der Waals surface area contributed by atoms with E-state index in [1.54, 1.807) is 0 Å². The zero-order valence-electron chi connectivity index (χ0n) is 12.1. The van der Waals surface area contributed by atoms with Crippen LogP contribution in [0.15, 0.2) is 56.0 Å². The fourth-order valence-corrected chi connectivity index (χ4v) is 4.94. The maximum absolute atomic E-state index is 12.7. The van der Waals surface area contributed by atoms with Crippen molar-refractivity contribution < 1.29 is 9.59 Å². The number of fused-ring (bicyclic) bond motifs is 2. The predicted molar refractivity (Wildman–Crippen MR) is 89.8 cm³/mol. The van der Waals surface area contributed by atoms with Gasteiger partial charge in [-0.25, -0.2) is 0 Å². The Balaban J connectivity index is 1.82. The molecule has 0 unspecified atom stereocenters. The molecule has 22 heavy (non-hydrogen) atoms. The molecule has 2 aliphatic rings. The second-order valence-electron chi connectivity index (χ2n) is 5.52. The van der Waals surface area contributed by atoms with Crippen molar-refractivity contribution in [3.05, 3.63) is 68.5 Å². The molecule has 0 aromatic heterocycles. The Labute approximate surface area is 137 Å². The summed E-state index contributed by atoms with van der Waals surface area (Å²) in [6.07, 6.45) is 0. The molecule has 0 atom stereocenters. The third-order valence-electron chi connectivity index (χ3n) is 3.80. The summed E-state index contributed by atoms with van der Waals surface area (Å²) in [5, 5.41) is 0. The van der Waals surface area contributed by atoms with Crippen LogP contribution in [-0.4, -0.2) is 11.6 Å². The monoisotopic (exact) mass is 324 g/mol. The lowest BCUT2D eigenvalue weighted by Gasteiger charge is -1.98. The number of carbonyl (C=O) groups excluding carboxylic acids is 2. The lowest BCUT2D eigenvalue weighted by atomic mass is 10.0. The number of hydrogen-bond acceptors (Lipinski definition) is 4. The minimum atomic E-state index is -0.0240. The fourth-order valence-electron chi connectivity index (χ4n) is 2.68. The van der Waals surface area contributed by atoms with Crippen molar-refractivity contribution in [1.82, 2.24) is 0 Å². The van der Waals surface area contributed by atoms with Crippen molar-refractivity contribution in [3.8, 4) is 0 Å². The molecular formula is C18H12O2S2. The lowest BCUT2D eigenvalue weighted by molar-refractivity contribution is 0.101. The number of rotatable bonds is 0. The van der Waals surface area contributed by atoms with Crippen molar-refractivity contribution in [2.24, 2.45) is 0 Å². The van der Waals surface area contributed by atoms with Gasteiger partial charge in [0.1, 0.15) is 0 Å². The van der Waals surface area contributed by atoms with Gasteiger partial charge in [0.05, 0.1) is 9.81 Å². The van der Waals surface area contributed by atoms with Crippen LogP contribution in [0.2, 0.25) is 0 Å². The number of carbonyl (C=O) groups is 2. The molecule has 0 N–H and O–H groups in total. The molecule has 0 saturated heterocycles. The topological polar surface area (TPSA) is 34.1 Å². The van der Waals surface area contributed by atoms with E-state index in [4.69, 9.17) is 0 Å². The first-order chi connectivity index (χ1) is 10.5. The second-order valence-corrected chi connectivity index (χ2v) is 7.62. The smallest absolute Gasteiger partial charge is 0.202 e. The van der Waals surface area contributed by atoms with Crippen LogP contribution in [0.3, 0.4) is 0 Å². The number of benzene rings is 2. The van der Waals surface area contributed by atoms with Crippen LogP contribution >= 0.6 is 23.5 Å². The van der Waals surface area contributed by atoms with Crippen molar-refractivity contribution in [3.63, 3.8) is 0 Å². The number of hydrogen-bond donors (Lipinski definition) is 0. The SMILES string of the molecule is Cc1ccc2c(c1)C(=O)/C(=C1/Sc3ccc(C)cc3C1=O)S2. The van der Waals surface area contributed by atoms with Gasteiger partial charge in [-0.3, -0.25) is 9.59 Å². The summed E-state index contributed by atoms with van der Waals surface area (Å²) in [4.78, 5) is 28.3. The molecule has 0 aliphatic carbocycles. The molecule has 0 spiro atoms. The van der Waals surface area contributed by atoms with E-state index in [1.165, 1.54) is 23.5 Å². The molecule has 0 fully saturated rings. The largest absolute Gasteiger partial charge is 0.288 e. The Morgan fingerprint density at radius 3 is 1.50 bits per heavy atom. The maximum Gasteiger partial charge on any atom is 0.202 e. The van der Waals surface area contributed by atoms with Gasteiger partial charge < -0.3 is 0 Å².